The number of allylic oxidation sites excluding steroid dienone is 2. The van der Waals surface area contributed by atoms with Crippen molar-refractivity contribution >= 4 is 15.5 Å². The molecule has 0 radical (unpaired) electrons. The van der Waals surface area contributed by atoms with Gasteiger partial charge in [-0.15, -0.1) is 0 Å². The first kappa shape index (κ1) is 14.8. The lowest BCUT2D eigenvalue weighted by Gasteiger charge is -2.19. The SMILES string of the molecule is O=S(=O)(Cc1ccccc1)[C@@H]1CCC=CCC/C1=N/O. The molecule has 0 fully saturated rings. The Labute approximate surface area is 119 Å². The van der Waals surface area contributed by atoms with Gasteiger partial charge < -0.3 is 5.21 Å². The van der Waals surface area contributed by atoms with Gasteiger partial charge in [-0.2, -0.15) is 0 Å². The van der Waals surface area contributed by atoms with E-state index in [1.807, 2.05) is 30.4 Å². The van der Waals surface area contributed by atoms with Gasteiger partial charge in [-0.05, 0) is 31.2 Å². The molecule has 0 amide bonds. The van der Waals surface area contributed by atoms with Gasteiger partial charge in [0.15, 0.2) is 9.84 Å². The summed E-state index contributed by atoms with van der Waals surface area (Å²) < 4.78 is 25.1. The number of oxime groups is 1. The number of rotatable bonds is 3. The van der Waals surface area contributed by atoms with E-state index in [-0.39, 0.29) is 5.75 Å². The van der Waals surface area contributed by atoms with Gasteiger partial charge >= 0.3 is 0 Å². The zero-order chi connectivity index (χ0) is 14.4. The zero-order valence-electron chi connectivity index (χ0n) is 11.3. The molecule has 0 bridgehead atoms. The Kier molecular flexibility index (Phi) is 4.95. The van der Waals surface area contributed by atoms with Crippen LogP contribution in [-0.2, 0) is 15.6 Å². The number of hydrogen-bond donors (Lipinski definition) is 1. The first-order valence-corrected chi connectivity index (χ1v) is 8.46. The summed E-state index contributed by atoms with van der Waals surface area (Å²) >= 11 is 0. The first-order chi connectivity index (χ1) is 9.63. The molecule has 1 aliphatic rings. The molecular weight excluding hydrogens is 274 g/mol. The van der Waals surface area contributed by atoms with Crippen molar-refractivity contribution in [3.8, 4) is 0 Å². The number of hydrogen-bond acceptors (Lipinski definition) is 4. The summed E-state index contributed by atoms with van der Waals surface area (Å²) in [7, 11) is -3.36. The number of sulfone groups is 1. The lowest BCUT2D eigenvalue weighted by Crippen LogP contribution is -2.32. The highest BCUT2D eigenvalue weighted by atomic mass is 32.2. The van der Waals surface area contributed by atoms with Crippen molar-refractivity contribution in [3.63, 3.8) is 0 Å². The minimum atomic E-state index is -3.36. The molecule has 1 aliphatic carbocycles. The fourth-order valence-corrected chi connectivity index (χ4v) is 4.38. The molecular formula is C15H19NO3S. The molecule has 0 spiro atoms. The molecule has 0 saturated heterocycles. The third-order valence-corrected chi connectivity index (χ3v) is 5.58. The van der Waals surface area contributed by atoms with Crippen LogP contribution in [0.15, 0.2) is 47.6 Å². The van der Waals surface area contributed by atoms with E-state index in [1.165, 1.54) is 0 Å². The lowest BCUT2D eigenvalue weighted by molar-refractivity contribution is 0.316. The number of nitrogens with zero attached hydrogens (tertiary/aromatic N) is 1. The maximum Gasteiger partial charge on any atom is 0.162 e. The van der Waals surface area contributed by atoms with Crippen molar-refractivity contribution in [2.45, 2.75) is 36.7 Å². The second-order valence-electron chi connectivity index (χ2n) is 4.96. The largest absolute Gasteiger partial charge is 0.411 e. The Morgan fingerprint density at radius 1 is 1.15 bits per heavy atom. The van der Waals surface area contributed by atoms with E-state index < -0.39 is 15.1 Å². The van der Waals surface area contributed by atoms with E-state index in [9.17, 15) is 8.42 Å². The molecule has 1 N–H and O–H groups in total. The van der Waals surface area contributed by atoms with Gasteiger partial charge in [0.05, 0.1) is 11.5 Å². The molecule has 0 aliphatic heterocycles. The second kappa shape index (κ2) is 6.70. The average molecular weight is 293 g/mol. The molecule has 1 atom stereocenters. The normalized spacial score (nSPS) is 22.4. The third kappa shape index (κ3) is 3.70. The molecule has 2 rings (SSSR count). The Bertz CT molecular complexity index is 591. The van der Waals surface area contributed by atoms with Crippen LogP contribution in [0.3, 0.4) is 0 Å². The van der Waals surface area contributed by atoms with Gasteiger partial charge in [0.1, 0.15) is 5.25 Å². The molecule has 20 heavy (non-hydrogen) atoms. The highest BCUT2D eigenvalue weighted by molar-refractivity contribution is 7.92. The van der Waals surface area contributed by atoms with Crippen LogP contribution in [0.2, 0.25) is 0 Å². The summed E-state index contributed by atoms with van der Waals surface area (Å²) in [4.78, 5) is 0. The zero-order valence-corrected chi connectivity index (χ0v) is 12.1. The topological polar surface area (TPSA) is 66.7 Å². The van der Waals surface area contributed by atoms with Crippen LogP contribution in [0.1, 0.15) is 31.2 Å². The van der Waals surface area contributed by atoms with Crippen LogP contribution >= 0.6 is 0 Å². The summed E-state index contributed by atoms with van der Waals surface area (Å²) in [5, 5.41) is 11.7. The molecule has 5 heteroatoms. The van der Waals surface area contributed by atoms with Crippen LogP contribution in [0, 0.1) is 0 Å². The maximum absolute atomic E-state index is 12.6. The summed E-state index contributed by atoms with van der Waals surface area (Å²) in [6.45, 7) is 0. The van der Waals surface area contributed by atoms with Crippen molar-refractivity contribution in [3.05, 3.63) is 48.0 Å². The second-order valence-corrected chi connectivity index (χ2v) is 7.14. The third-order valence-electron chi connectivity index (χ3n) is 3.47. The molecule has 0 aromatic heterocycles. The Balaban J connectivity index is 2.24. The Morgan fingerprint density at radius 3 is 2.55 bits per heavy atom. The first-order valence-electron chi connectivity index (χ1n) is 6.75. The predicted octanol–water partition coefficient (Wildman–Crippen LogP) is 2.93. The van der Waals surface area contributed by atoms with Crippen LogP contribution in [0.5, 0.6) is 0 Å². The minimum absolute atomic E-state index is 0.0127. The molecule has 0 unspecified atom stereocenters. The van der Waals surface area contributed by atoms with Crippen LogP contribution < -0.4 is 0 Å². The van der Waals surface area contributed by atoms with Crippen molar-refractivity contribution in [1.29, 1.82) is 0 Å². The molecule has 4 nitrogen and oxygen atoms in total. The fourth-order valence-electron chi connectivity index (χ4n) is 2.45. The summed E-state index contributed by atoms with van der Waals surface area (Å²) in [5.74, 6) is -0.0127. The summed E-state index contributed by atoms with van der Waals surface area (Å²) in [5.41, 5.74) is 1.15. The molecule has 0 heterocycles. The fraction of sp³-hybridized carbons (Fsp3) is 0.400. The minimum Gasteiger partial charge on any atom is -0.411 e. The smallest absolute Gasteiger partial charge is 0.162 e. The Hall–Kier alpha value is -1.62. The van der Waals surface area contributed by atoms with Gasteiger partial charge in [-0.3, -0.25) is 0 Å². The van der Waals surface area contributed by atoms with Crippen molar-refractivity contribution in [1.82, 2.24) is 0 Å². The highest BCUT2D eigenvalue weighted by Gasteiger charge is 2.30. The van der Waals surface area contributed by atoms with Crippen LogP contribution in [-0.4, -0.2) is 24.6 Å². The highest BCUT2D eigenvalue weighted by Crippen LogP contribution is 2.21. The van der Waals surface area contributed by atoms with E-state index in [2.05, 4.69) is 5.16 Å². The van der Waals surface area contributed by atoms with Crippen molar-refractivity contribution in [2.24, 2.45) is 5.16 Å². The predicted molar refractivity (Wildman–Crippen MR) is 79.7 cm³/mol. The Morgan fingerprint density at radius 2 is 1.85 bits per heavy atom. The van der Waals surface area contributed by atoms with Crippen molar-refractivity contribution in [2.75, 3.05) is 0 Å². The van der Waals surface area contributed by atoms with E-state index in [4.69, 9.17) is 5.21 Å². The van der Waals surface area contributed by atoms with Gasteiger partial charge in [0.2, 0.25) is 0 Å². The quantitative estimate of drug-likeness (QED) is 0.529. The average Bonchev–Trinajstić information content (AvgIpc) is 2.39. The molecule has 0 saturated carbocycles. The van der Waals surface area contributed by atoms with E-state index in [0.29, 0.717) is 25.0 Å². The number of benzene rings is 1. The maximum atomic E-state index is 12.6. The van der Waals surface area contributed by atoms with E-state index in [0.717, 1.165) is 12.0 Å². The van der Waals surface area contributed by atoms with Crippen LogP contribution in [0.25, 0.3) is 0 Å². The van der Waals surface area contributed by atoms with E-state index >= 15 is 0 Å². The van der Waals surface area contributed by atoms with Crippen molar-refractivity contribution < 1.29 is 13.6 Å². The lowest BCUT2D eigenvalue weighted by atomic mass is 10.0. The molecule has 1 aromatic carbocycles. The van der Waals surface area contributed by atoms with Gasteiger partial charge in [-0.25, -0.2) is 8.42 Å². The summed E-state index contributed by atoms with van der Waals surface area (Å²) in [6, 6.07) is 9.11. The molecule has 108 valence electrons. The van der Waals surface area contributed by atoms with Gasteiger partial charge in [-0.1, -0.05) is 47.6 Å². The van der Waals surface area contributed by atoms with Gasteiger partial charge in [0.25, 0.3) is 0 Å². The summed E-state index contributed by atoms with van der Waals surface area (Å²) in [6.07, 6.45) is 6.38. The van der Waals surface area contributed by atoms with Crippen LogP contribution in [0.4, 0.5) is 0 Å². The standard InChI is InChI=1S/C15H19NO3S/c17-16-14-10-6-1-2-7-11-15(14)20(18,19)12-13-8-4-3-5-9-13/h1-5,8-9,15,17H,6-7,10-12H2/b2-1?,16-14-/t15-/m1/s1. The van der Waals surface area contributed by atoms with Gasteiger partial charge in [0, 0.05) is 0 Å². The van der Waals surface area contributed by atoms with E-state index in [1.54, 1.807) is 12.1 Å². The monoisotopic (exact) mass is 293 g/mol. The molecule has 1 aromatic rings.